The van der Waals surface area contributed by atoms with Gasteiger partial charge in [0.05, 0.1) is 11.0 Å². The molecule has 7 heteroatoms. The van der Waals surface area contributed by atoms with E-state index in [1.807, 2.05) is 18.2 Å². The van der Waals surface area contributed by atoms with E-state index in [4.69, 9.17) is 5.73 Å². The number of imidazole rings is 1. The Bertz CT molecular complexity index is 912. The number of carbonyl (C=O) groups is 2. The SMILES string of the molecule is Cn1c(=O)n(C2CCC(=O)NC2=O)c2ccc(CCCCCCCCN)cc21. The van der Waals surface area contributed by atoms with E-state index >= 15 is 0 Å². The second kappa shape index (κ2) is 9.19. The van der Waals surface area contributed by atoms with Crippen LogP contribution in [0, 0.1) is 0 Å². The van der Waals surface area contributed by atoms with E-state index < -0.39 is 11.9 Å². The fraction of sp³-hybridized carbons (Fsp3) is 0.571. The molecule has 0 saturated carbocycles. The number of amides is 2. The number of unbranched alkanes of at least 4 members (excludes halogenated alkanes) is 5. The molecule has 2 heterocycles. The van der Waals surface area contributed by atoms with Gasteiger partial charge in [0, 0.05) is 13.5 Å². The van der Waals surface area contributed by atoms with Crippen molar-refractivity contribution in [3.8, 4) is 0 Å². The molecule has 1 fully saturated rings. The van der Waals surface area contributed by atoms with Crippen LogP contribution in [-0.2, 0) is 23.1 Å². The highest BCUT2D eigenvalue weighted by Crippen LogP contribution is 2.24. The summed E-state index contributed by atoms with van der Waals surface area (Å²) in [5.41, 5.74) is 8.06. The minimum absolute atomic E-state index is 0.221. The summed E-state index contributed by atoms with van der Waals surface area (Å²) >= 11 is 0. The lowest BCUT2D eigenvalue weighted by atomic mass is 10.0. The third-order valence-corrected chi connectivity index (χ3v) is 5.60. The molecule has 1 aliphatic rings. The monoisotopic (exact) mass is 386 g/mol. The van der Waals surface area contributed by atoms with Crippen LogP contribution in [0.15, 0.2) is 23.0 Å². The normalized spacial score (nSPS) is 17.3. The number of nitrogens with one attached hydrogen (secondary N) is 1. The first-order valence-electron chi connectivity index (χ1n) is 10.3. The predicted molar refractivity (Wildman–Crippen MR) is 109 cm³/mol. The van der Waals surface area contributed by atoms with Gasteiger partial charge in [-0.3, -0.25) is 24.0 Å². The quantitative estimate of drug-likeness (QED) is 0.509. The largest absolute Gasteiger partial charge is 0.330 e. The van der Waals surface area contributed by atoms with Gasteiger partial charge in [0.1, 0.15) is 6.04 Å². The summed E-state index contributed by atoms with van der Waals surface area (Å²) in [5.74, 6) is -0.676. The lowest BCUT2D eigenvalue weighted by molar-refractivity contribution is -0.135. The van der Waals surface area contributed by atoms with E-state index in [9.17, 15) is 14.4 Å². The fourth-order valence-corrected chi connectivity index (χ4v) is 3.97. The maximum absolute atomic E-state index is 12.8. The van der Waals surface area contributed by atoms with Crippen LogP contribution in [0.1, 0.15) is 63.0 Å². The molecule has 2 amide bonds. The average molecular weight is 386 g/mol. The van der Waals surface area contributed by atoms with Crippen LogP contribution < -0.4 is 16.7 Å². The van der Waals surface area contributed by atoms with Gasteiger partial charge in [0.25, 0.3) is 0 Å². The van der Waals surface area contributed by atoms with Crippen molar-refractivity contribution in [3.05, 3.63) is 34.2 Å². The number of hydrogen-bond donors (Lipinski definition) is 2. The minimum atomic E-state index is -0.631. The van der Waals surface area contributed by atoms with Crippen molar-refractivity contribution < 1.29 is 9.59 Å². The van der Waals surface area contributed by atoms with E-state index in [-0.39, 0.29) is 18.0 Å². The van der Waals surface area contributed by atoms with E-state index in [1.165, 1.54) is 35.8 Å². The van der Waals surface area contributed by atoms with Crippen LogP contribution in [-0.4, -0.2) is 27.5 Å². The lowest BCUT2D eigenvalue weighted by Crippen LogP contribution is -2.44. The first kappa shape index (κ1) is 20.3. The fourth-order valence-electron chi connectivity index (χ4n) is 3.97. The topological polar surface area (TPSA) is 99.1 Å². The van der Waals surface area contributed by atoms with Gasteiger partial charge >= 0.3 is 5.69 Å². The van der Waals surface area contributed by atoms with Crippen LogP contribution >= 0.6 is 0 Å². The summed E-state index contributed by atoms with van der Waals surface area (Å²) in [4.78, 5) is 36.4. The summed E-state index contributed by atoms with van der Waals surface area (Å²) in [7, 11) is 1.73. The van der Waals surface area contributed by atoms with Crippen LogP contribution in [0.3, 0.4) is 0 Å². The Morgan fingerprint density at radius 1 is 1.04 bits per heavy atom. The number of rotatable bonds is 9. The average Bonchev–Trinajstić information content (AvgIpc) is 2.92. The van der Waals surface area contributed by atoms with Crippen molar-refractivity contribution in [1.82, 2.24) is 14.5 Å². The molecule has 7 nitrogen and oxygen atoms in total. The highest BCUT2D eigenvalue weighted by atomic mass is 16.2. The molecule has 1 atom stereocenters. The first-order valence-corrected chi connectivity index (χ1v) is 10.3. The van der Waals surface area contributed by atoms with Crippen molar-refractivity contribution in [1.29, 1.82) is 0 Å². The van der Waals surface area contributed by atoms with Crippen molar-refractivity contribution >= 4 is 22.8 Å². The number of fused-ring (bicyclic) bond motifs is 1. The molecule has 0 aliphatic carbocycles. The summed E-state index contributed by atoms with van der Waals surface area (Å²) in [6.07, 6.45) is 8.68. The van der Waals surface area contributed by atoms with Crippen LogP contribution in [0.4, 0.5) is 0 Å². The lowest BCUT2D eigenvalue weighted by Gasteiger charge is -2.21. The minimum Gasteiger partial charge on any atom is -0.330 e. The number of imide groups is 1. The zero-order chi connectivity index (χ0) is 20.1. The summed E-state index contributed by atoms with van der Waals surface area (Å²) < 4.78 is 3.12. The highest BCUT2D eigenvalue weighted by Gasteiger charge is 2.31. The number of nitrogens with two attached hydrogens (primary N) is 1. The van der Waals surface area contributed by atoms with Crippen LogP contribution in [0.5, 0.6) is 0 Å². The zero-order valence-corrected chi connectivity index (χ0v) is 16.6. The van der Waals surface area contributed by atoms with Crippen LogP contribution in [0.25, 0.3) is 11.0 Å². The van der Waals surface area contributed by atoms with Gasteiger partial charge in [-0.2, -0.15) is 0 Å². The van der Waals surface area contributed by atoms with Gasteiger partial charge in [-0.15, -0.1) is 0 Å². The van der Waals surface area contributed by atoms with Gasteiger partial charge in [-0.05, 0) is 49.9 Å². The number of aromatic nitrogens is 2. The molecular weight excluding hydrogens is 356 g/mol. The standard InChI is InChI=1S/C21H30N4O3/c1-24-18-14-15(8-6-4-2-3-5-7-13-22)9-10-16(18)25(21(24)28)17-11-12-19(26)23-20(17)27/h9-10,14,17H,2-8,11-13,22H2,1H3,(H,23,26,27). The zero-order valence-electron chi connectivity index (χ0n) is 16.6. The highest BCUT2D eigenvalue weighted by molar-refractivity contribution is 6.00. The Labute approximate surface area is 164 Å². The third-order valence-electron chi connectivity index (χ3n) is 5.60. The summed E-state index contributed by atoms with van der Waals surface area (Å²) in [5, 5.41) is 2.34. The van der Waals surface area contributed by atoms with Gasteiger partial charge in [-0.1, -0.05) is 31.7 Å². The Balaban J connectivity index is 1.71. The van der Waals surface area contributed by atoms with Gasteiger partial charge in [0.15, 0.2) is 0 Å². The van der Waals surface area contributed by atoms with E-state index in [1.54, 1.807) is 11.6 Å². The van der Waals surface area contributed by atoms with Crippen LogP contribution in [0.2, 0.25) is 0 Å². The number of carbonyl (C=O) groups excluding carboxylic acids is 2. The molecule has 3 rings (SSSR count). The molecule has 0 bridgehead atoms. The molecule has 1 saturated heterocycles. The molecule has 1 aliphatic heterocycles. The second-order valence-corrected chi connectivity index (χ2v) is 7.66. The first-order chi connectivity index (χ1) is 13.5. The maximum atomic E-state index is 12.8. The van der Waals surface area contributed by atoms with Gasteiger partial charge < -0.3 is 5.73 Å². The van der Waals surface area contributed by atoms with Crippen molar-refractivity contribution in [3.63, 3.8) is 0 Å². The van der Waals surface area contributed by atoms with E-state index in [0.717, 1.165) is 36.8 Å². The maximum Gasteiger partial charge on any atom is 0.329 e. The smallest absolute Gasteiger partial charge is 0.329 e. The predicted octanol–water partition coefficient (Wildman–Crippen LogP) is 2.16. The van der Waals surface area contributed by atoms with Crippen molar-refractivity contribution in [2.75, 3.05) is 6.54 Å². The third kappa shape index (κ3) is 4.35. The number of hydrogen-bond acceptors (Lipinski definition) is 4. The van der Waals surface area contributed by atoms with E-state index in [0.29, 0.717) is 6.42 Å². The molecule has 0 spiro atoms. The number of nitrogens with zero attached hydrogens (tertiary/aromatic N) is 2. The molecule has 0 radical (unpaired) electrons. The summed E-state index contributed by atoms with van der Waals surface area (Å²) in [6, 6.07) is 5.39. The van der Waals surface area contributed by atoms with Crippen molar-refractivity contribution in [2.45, 2.75) is 63.8 Å². The Morgan fingerprint density at radius 2 is 1.75 bits per heavy atom. The van der Waals surface area contributed by atoms with Gasteiger partial charge in [-0.25, -0.2) is 4.79 Å². The van der Waals surface area contributed by atoms with Crippen molar-refractivity contribution in [2.24, 2.45) is 12.8 Å². The second-order valence-electron chi connectivity index (χ2n) is 7.66. The molecule has 152 valence electrons. The summed E-state index contributed by atoms with van der Waals surface area (Å²) in [6.45, 7) is 0.775. The Kier molecular flexibility index (Phi) is 6.67. The molecule has 3 N–H and O–H groups in total. The molecule has 2 aromatic rings. The number of aryl methyl sites for hydroxylation is 2. The molecular formula is C21H30N4O3. The Hall–Kier alpha value is -2.41. The number of piperidine rings is 1. The van der Waals surface area contributed by atoms with Gasteiger partial charge in [0.2, 0.25) is 11.8 Å². The Morgan fingerprint density at radius 3 is 2.46 bits per heavy atom. The number of benzene rings is 1. The molecule has 1 aromatic heterocycles. The molecule has 28 heavy (non-hydrogen) atoms. The van der Waals surface area contributed by atoms with E-state index in [2.05, 4.69) is 5.32 Å². The molecule has 1 aromatic carbocycles. The molecule has 1 unspecified atom stereocenters.